The van der Waals surface area contributed by atoms with E-state index in [1.165, 1.54) is 14.2 Å². The lowest BCUT2D eigenvalue weighted by Gasteiger charge is -2.10. The standard InChI is InChI=1S/C6H12O5/c1-9-5-3(7)4(8)6(10-2)11-5/h3-8H,1-2H3/t3-,4+,5-,6+. The summed E-state index contributed by atoms with van der Waals surface area (Å²) in [6, 6.07) is 0. The first-order valence-corrected chi connectivity index (χ1v) is 3.28. The highest BCUT2D eigenvalue weighted by molar-refractivity contribution is 4.81. The van der Waals surface area contributed by atoms with Gasteiger partial charge in [-0.3, -0.25) is 0 Å². The molecular formula is C6H12O5. The minimum atomic E-state index is -1.04. The lowest BCUT2D eigenvalue weighted by atomic mass is 10.2. The normalized spacial score (nSPS) is 44.7. The van der Waals surface area contributed by atoms with Gasteiger partial charge >= 0.3 is 0 Å². The van der Waals surface area contributed by atoms with Crippen LogP contribution in [0.3, 0.4) is 0 Å². The summed E-state index contributed by atoms with van der Waals surface area (Å²) in [7, 11) is 2.78. The van der Waals surface area contributed by atoms with Crippen LogP contribution in [0, 0.1) is 0 Å². The smallest absolute Gasteiger partial charge is 0.189 e. The molecule has 1 aliphatic rings. The van der Waals surface area contributed by atoms with Crippen LogP contribution in [0.2, 0.25) is 0 Å². The minimum Gasteiger partial charge on any atom is -0.385 e. The van der Waals surface area contributed by atoms with E-state index in [0.29, 0.717) is 0 Å². The van der Waals surface area contributed by atoms with Gasteiger partial charge in [0.05, 0.1) is 0 Å². The molecule has 0 unspecified atom stereocenters. The Kier molecular flexibility index (Phi) is 2.80. The van der Waals surface area contributed by atoms with Crippen molar-refractivity contribution in [3.05, 3.63) is 0 Å². The maximum absolute atomic E-state index is 9.18. The summed E-state index contributed by atoms with van der Waals surface area (Å²) in [6.45, 7) is 0. The molecule has 11 heavy (non-hydrogen) atoms. The fourth-order valence-corrected chi connectivity index (χ4v) is 1.01. The van der Waals surface area contributed by atoms with Crippen LogP contribution >= 0.6 is 0 Å². The van der Waals surface area contributed by atoms with Crippen LogP contribution in [0.25, 0.3) is 0 Å². The summed E-state index contributed by atoms with van der Waals surface area (Å²) in [6.07, 6.45) is -3.67. The zero-order valence-electron chi connectivity index (χ0n) is 6.43. The van der Waals surface area contributed by atoms with Crippen LogP contribution in [0.5, 0.6) is 0 Å². The fourth-order valence-electron chi connectivity index (χ4n) is 1.01. The first-order valence-electron chi connectivity index (χ1n) is 3.28. The van der Waals surface area contributed by atoms with Crippen LogP contribution in [0.4, 0.5) is 0 Å². The highest BCUT2D eigenvalue weighted by Gasteiger charge is 2.43. The van der Waals surface area contributed by atoms with Crippen LogP contribution in [0.15, 0.2) is 0 Å². The van der Waals surface area contributed by atoms with Gasteiger partial charge in [0.2, 0.25) is 0 Å². The van der Waals surface area contributed by atoms with Crippen molar-refractivity contribution < 1.29 is 24.4 Å². The van der Waals surface area contributed by atoms with E-state index in [2.05, 4.69) is 0 Å². The third-order valence-electron chi connectivity index (χ3n) is 1.64. The van der Waals surface area contributed by atoms with E-state index in [0.717, 1.165) is 0 Å². The molecule has 0 aromatic heterocycles. The molecular weight excluding hydrogens is 152 g/mol. The second-order valence-electron chi connectivity index (χ2n) is 2.33. The lowest BCUT2D eigenvalue weighted by Crippen LogP contribution is -2.33. The van der Waals surface area contributed by atoms with Gasteiger partial charge in [0.15, 0.2) is 12.6 Å². The van der Waals surface area contributed by atoms with E-state index in [9.17, 15) is 10.2 Å². The Hall–Kier alpha value is -0.200. The van der Waals surface area contributed by atoms with Crippen molar-refractivity contribution in [2.75, 3.05) is 14.2 Å². The van der Waals surface area contributed by atoms with Gasteiger partial charge in [-0.05, 0) is 0 Å². The number of aliphatic hydroxyl groups is 2. The van der Waals surface area contributed by atoms with Crippen molar-refractivity contribution in [1.82, 2.24) is 0 Å². The lowest BCUT2D eigenvalue weighted by molar-refractivity contribution is -0.205. The van der Waals surface area contributed by atoms with Crippen LogP contribution in [-0.2, 0) is 14.2 Å². The average Bonchev–Trinajstić information content (AvgIpc) is 2.30. The van der Waals surface area contributed by atoms with Gasteiger partial charge in [0, 0.05) is 14.2 Å². The Morgan fingerprint density at radius 1 is 1.00 bits per heavy atom. The van der Waals surface area contributed by atoms with E-state index in [4.69, 9.17) is 14.2 Å². The van der Waals surface area contributed by atoms with Crippen molar-refractivity contribution in [1.29, 1.82) is 0 Å². The van der Waals surface area contributed by atoms with Crippen molar-refractivity contribution in [3.63, 3.8) is 0 Å². The minimum absolute atomic E-state index is 0.796. The predicted molar refractivity (Wildman–Crippen MR) is 34.7 cm³/mol. The summed E-state index contributed by atoms with van der Waals surface area (Å²) in [4.78, 5) is 0. The third kappa shape index (κ3) is 1.52. The first-order chi connectivity index (χ1) is 5.20. The summed E-state index contributed by atoms with van der Waals surface area (Å²) < 4.78 is 14.4. The summed E-state index contributed by atoms with van der Waals surface area (Å²) in [5.41, 5.74) is 0. The zero-order valence-corrected chi connectivity index (χ0v) is 6.43. The predicted octanol–water partition coefficient (Wildman–Crippen LogP) is -1.32. The molecule has 0 saturated carbocycles. The molecule has 4 atom stereocenters. The third-order valence-corrected chi connectivity index (χ3v) is 1.64. The average molecular weight is 164 g/mol. The molecule has 2 N–H and O–H groups in total. The Morgan fingerprint density at radius 2 is 1.36 bits per heavy atom. The maximum atomic E-state index is 9.18. The number of aliphatic hydroxyl groups excluding tert-OH is 2. The summed E-state index contributed by atoms with van der Waals surface area (Å²) in [5, 5.41) is 18.4. The van der Waals surface area contributed by atoms with Gasteiger partial charge in [-0.2, -0.15) is 0 Å². The van der Waals surface area contributed by atoms with Gasteiger partial charge in [0.1, 0.15) is 12.2 Å². The number of hydrogen-bond acceptors (Lipinski definition) is 5. The maximum Gasteiger partial charge on any atom is 0.189 e. The highest BCUT2D eigenvalue weighted by atomic mass is 16.8. The van der Waals surface area contributed by atoms with Gasteiger partial charge in [-0.15, -0.1) is 0 Å². The van der Waals surface area contributed by atoms with E-state index in [-0.39, 0.29) is 0 Å². The van der Waals surface area contributed by atoms with Crippen molar-refractivity contribution in [2.24, 2.45) is 0 Å². The number of methoxy groups -OCH3 is 2. The molecule has 1 aliphatic heterocycles. The van der Waals surface area contributed by atoms with E-state index in [1.54, 1.807) is 0 Å². The van der Waals surface area contributed by atoms with Crippen LogP contribution in [0.1, 0.15) is 0 Å². The van der Waals surface area contributed by atoms with Gasteiger partial charge in [0.25, 0.3) is 0 Å². The molecule has 1 heterocycles. The van der Waals surface area contributed by atoms with Gasteiger partial charge < -0.3 is 24.4 Å². The molecule has 5 nitrogen and oxygen atoms in total. The fraction of sp³-hybridized carbons (Fsp3) is 1.00. The number of ether oxygens (including phenoxy) is 3. The molecule has 0 spiro atoms. The molecule has 5 heteroatoms. The Bertz CT molecular complexity index is 110. The Morgan fingerprint density at radius 3 is 1.55 bits per heavy atom. The molecule has 0 aromatic rings. The van der Waals surface area contributed by atoms with E-state index in [1.807, 2.05) is 0 Å². The SMILES string of the molecule is CO[C@H]1O[C@@H](OC)[C@H](O)[C@@H]1O. The van der Waals surface area contributed by atoms with Crippen molar-refractivity contribution in [2.45, 2.75) is 24.8 Å². The molecule has 0 amide bonds. The molecule has 0 radical (unpaired) electrons. The Balaban J connectivity index is 2.53. The summed E-state index contributed by atoms with van der Waals surface area (Å²) in [5.74, 6) is 0. The van der Waals surface area contributed by atoms with Crippen molar-refractivity contribution >= 4 is 0 Å². The van der Waals surface area contributed by atoms with E-state index >= 15 is 0 Å². The second-order valence-corrected chi connectivity index (χ2v) is 2.33. The van der Waals surface area contributed by atoms with Gasteiger partial charge in [-0.25, -0.2) is 0 Å². The largest absolute Gasteiger partial charge is 0.385 e. The van der Waals surface area contributed by atoms with Crippen molar-refractivity contribution in [3.8, 4) is 0 Å². The zero-order chi connectivity index (χ0) is 8.43. The quantitative estimate of drug-likeness (QED) is 0.530. The first kappa shape index (κ1) is 8.89. The Labute approximate surface area is 64.5 Å². The van der Waals surface area contributed by atoms with Crippen LogP contribution < -0.4 is 0 Å². The monoisotopic (exact) mass is 164 g/mol. The topological polar surface area (TPSA) is 68.2 Å². The highest BCUT2D eigenvalue weighted by Crippen LogP contribution is 2.21. The number of hydrogen-bond donors (Lipinski definition) is 2. The van der Waals surface area contributed by atoms with E-state index < -0.39 is 24.8 Å². The molecule has 1 saturated heterocycles. The second kappa shape index (κ2) is 3.46. The molecule has 1 fully saturated rings. The van der Waals surface area contributed by atoms with Crippen LogP contribution in [-0.4, -0.2) is 49.2 Å². The number of rotatable bonds is 2. The molecule has 66 valence electrons. The molecule has 1 rings (SSSR count). The molecule has 0 aromatic carbocycles. The molecule has 0 aliphatic carbocycles. The summed E-state index contributed by atoms with van der Waals surface area (Å²) >= 11 is 0. The van der Waals surface area contributed by atoms with Gasteiger partial charge in [-0.1, -0.05) is 0 Å². The molecule has 0 bridgehead atoms.